The molecule has 0 aromatic heterocycles. The Morgan fingerprint density at radius 3 is 2.26 bits per heavy atom. The highest BCUT2D eigenvalue weighted by Gasteiger charge is 2.61. The predicted octanol–water partition coefficient (Wildman–Crippen LogP) is 3.76. The molecule has 27 heavy (non-hydrogen) atoms. The number of hydrogen-bond donors (Lipinski definition) is 0. The number of Topliss-reactive ketones (excluding diaryl/α,β-unsaturated/α-hetero) is 2. The summed E-state index contributed by atoms with van der Waals surface area (Å²) in [6, 6.07) is 11.5. The maximum atomic E-state index is 13.5. The summed E-state index contributed by atoms with van der Waals surface area (Å²) in [4.78, 5) is 39.9. The van der Waals surface area contributed by atoms with Gasteiger partial charge in [0, 0.05) is 33.4 Å². The molecule has 5 nitrogen and oxygen atoms in total. The summed E-state index contributed by atoms with van der Waals surface area (Å²) >= 11 is 6.29. The molecule has 1 spiro atoms. The van der Waals surface area contributed by atoms with Crippen LogP contribution >= 0.6 is 11.6 Å². The minimum Gasteiger partial charge on any atom is -0.290 e. The van der Waals surface area contributed by atoms with E-state index in [-0.39, 0.29) is 11.1 Å². The highest BCUT2D eigenvalue weighted by molar-refractivity contribution is 6.37. The maximum Gasteiger partial charge on any atom is 0.268 e. The fourth-order valence-corrected chi connectivity index (χ4v) is 3.86. The molecule has 6 heteroatoms. The van der Waals surface area contributed by atoms with Crippen LogP contribution in [-0.4, -0.2) is 28.7 Å². The number of halogens is 1. The first-order chi connectivity index (χ1) is 12.9. The third-order valence-corrected chi connectivity index (χ3v) is 5.09. The number of nitrogens with zero attached hydrogens (tertiary/aromatic N) is 2. The number of carbonyl (C=O) groups excluding carboxylic acids is 3. The average Bonchev–Trinajstić information content (AvgIpc) is 2.85. The molecule has 1 amide bonds. The summed E-state index contributed by atoms with van der Waals surface area (Å²) in [7, 11) is 0. The van der Waals surface area contributed by atoms with Crippen LogP contribution in [0.1, 0.15) is 45.7 Å². The SMILES string of the molecule is CC(C)=CC(=O)N1N=Cc2c(Cl)cccc2C12C(=O)c1ccccc1C2=O. The van der Waals surface area contributed by atoms with Gasteiger partial charge in [-0.25, -0.2) is 5.01 Å². The molecule has 0 radical (unpaired) electrons. The zero-order chi connectivity index (χ0) is 19.3. The number of carbonyl (C=O) groups is 3. The van der Waals surface area contributed by atoms with Gasteiger partial charge in [-0.15, -0.1) is 0 Å². The van der Waals surface area contributed by atoms with E-state index in [0.29, 0.717) is 16.1 Å². The standard InChI is InChI=1S/C21H15ClN2O3/c1-12(2)10-18(25)24-21(16-8-5-9-17(22)15(16)11-23-24)19(26)13-6-3-4-7-14(13)20(21)27/h3-11H,1-2H3. The van der Waals surface area contributed by atoms with Crippen molar-refractivity contribution >= 4 is 35.3 Å². The average molecular weight is 379 g/mol. The van der Waals surface area contributed by atoms with Crippen LogP contribution < -0.4 is 0 Å². The molecule has 2 aromatic carbocycles. The molecule has 1 aliphatic heterocycles. The van der Waals surface area contributed by atoms with Crippen LogP contribution in [0.3, 0.4) is 0 Å². The Labute approximate surface area is 160 Å². The van der Waals surface area contributed by atoms with Crippen molar-refractivity contribution in [3.05, 3.63) is 81.4 Å². The van der Waals surface area contributed by atoms with E-state index < -0.39 is 23.0 Å². The van der Waals surface area contributed by atoms with Crippen molar-refractivity contribution in [2.75, 3.05) is 0 Å². The van der Waals surface area contributed by atoms with E-state index in [1.807, 2.05) is 0 Å². The van der Waals surface area contributed by atoms with Crippen LogP contribution in [0.4, 0.5) is 0 Å². The van der Waals surface area contributed by atoms with Crippen LogP contribution in [0.15, 0.2) is 59.2 Å². The minimum atomic E-state index is -1.87. The van der Waals surface area contributed by atoms with E-state index >= 15 is 0 Å². The Morgan fingerprint density at radius 1 is 1.04 bits per heavy atom. The smallest absolute Gasteiger partial charge is 0.268 e. The van der Waals surface area contributed by atoms with Gasteiger partial charge in [0.15, 0.2) is 0 Å². The molecule has 1 heterocycles. The largest absolute Gasteiger partial charge is 0.290 e. The summed E-state index contributed by atoms with van der Waals surface area (Å²) in [5.41, 5.74) is 0.252. The van der Waals surface area contributed by atoms with Gasteiger partial charge in [-0.05, 0) is 19.9 Å². The van der Waals surface area contributed by atoms with Crippen LogP contribution in [0.2, 0.25) is 5.02 Å². The molecular formula is C21H15ClN2O3. The molecule has 0 saturated heterocycles. The van der Waals surface area contributed by atoms with Gasteiger partial charge in [0.05, 0.1) is 6.21 Å². The molecule has 134 valence electrons. The van der Waals surface area contributed by atoms with Gasteiger partial charge in [0.25, 0.3) is 5.91 Å². The third-order valence-electron chi connectivity index (χ3n) is 4.76. The van der Waals surface area contributed by atoms with Crippen molar-refractivity contribution < 1.29 is 14.4 Å². The van der Waals surface area contributed by atoms with Crippen molar-refractivity contribution in [3.63, 3.8) is 0 Å². The molecule has 2 aromatic rings. The second-order valence-corrected chi connectivity index (χ2v) is 7.14. The number of benzene rings is 2. The number of rotatable bonds is 1. The molecule has 0 saturated carbocycles. The quantitative estimate of drug-likeness (QED) is 0.560. The monoisotopic (exact) mass is 378 g/mol. The molecule has 0 N–H and O–H groups in total. The summed E-state index contributed by atoms with van der Waals surface area (Å²) < 4.78 is 0. The van der Waals surface area contributed by atoms with E-state index in [2.05, 4.69) is 5.10 Å². The van der Waals surface area contributed by atoms with Crippen molar-refractivity contribution in [2.45, 2.75) is 19.4 Å². The van der Waals surface area contributed by atoms with E-state index in [9.17, 15) is 14.4 Å². The number of allylic oxidation sites excluding steroid dienone is 1. The second kappa shape index (κ2) is 5.99. The molecule has 0 fully saturated rings. The van der Waals surface area contributed by atoms with Gasteiger partial charge in [0.2, 0.25) is 17.1 Å². The molecular weight excluding hydrogens is 364 g/mol. The van der Waals surface area contributed by atoms with Crippen molar-refractivity contribution in [2.24, 2.45) is 5.10 Å². The predicted molar refractivity (Wildman–Crippen MR) is 102 cm³/mol. The molecule has 2 aliphatic rings. The number of fused-ring (bicyclic) bond motifs is 3. The molecule has 0 unspecified atom stereocenters. The topological polar surface area (TPSA) is 66.8 Å². The highest BCUT2D eigenvalue weighted by atomic mass is 35.5. The highest BCUT2D eigenvalue weighted by Crippen LogP contribution is 2.46. The summed E-state index contributed by atoms with van der Waals surface area (Å²) in [6.45, 7) is 3.52. The van der Waals surface area contributed by atoms with Crippen LogP contribution in [0, 0.1) is 0 Å². The van der Waals surface area contributed by atoms with E-state index in [1.165, 1.54) is 12.3 Å². The van der Waals surface area contributed by atoms with Crippen LogP contribution in [-0.2, 0) is 10.3 Å². The number of hydrazone groups is 1. The fourth-order valence-electron chi connectivity index (χ4n) is 3.64. The Bertz CT molecular complexity index is 1050. The lowest BCUT2D eigenvalue weighted by molar-refractivity contribution is -0.130. The third kappa shape index (κ3) is 2.25. The Balaban J connectivity index is 2.05. The Hall–Kier alpha value is -3.05. The van der Waals surface area contributed by atoms with Gasteiger partial charge < -0.3 is 0 Å². The number of hydrogen-bond acceptors (Lipinski definition) is 4. The van der Waals surface area contributed by atoms with Crippen LogP contribution in [0.5, 0.6) is 0 Å². The van der Waals surface area contributed by atoms with Gasteiger partial charge in [-0.2, -0.15) is 5.10 Å². The fraction of sp³-hybridized carbons (Fsp3) is 0.143. The molecule has 4 rings (SSSR count). The molecule has 0 atom stereocenters. The minimum absolute atomic E-state index is 0.278. The van der Waals surface area contributed by atoms with Crippen molar-refractivity contribution in [1.82, 2.24) is 5.01 Å². The lowest BCUT2D eigenvalue weighted by Crippen LogP contribution is -2.56. The van der Waals surface area contributed by atoms with Crippen LogP contribution in [0.25, 0.3) is 0 Å². The number of amides is 1. The Kier molecular flexibility index (Phi) is 3.86. The Morgan fingerprint density at radius 2 is 1.67 bits per heavy atom. The lowest BCUT2D eigenvalue weighted by Gasteiger charge is -2.38. The zero-order valence-corrected chi connectivity index (χ0v) is 15.4. The van der Waals surface area contributed by atoms with Gasteiger partial charge in [0.1, 0.15) is 0 Å². The zero-order valence-electron chi connectivity index (χ0n) is 14.7. The molecule has 0 bridgehead atoms. The van der Waals surface area contributed by atoms with E-state index in [4.69, 9.17) is 11.6 Å². The summed E-state index contributed by atoms with van der Waals surface area (Å²) in [5, 5.41) is 5.54. The van der Waals surface area contributed by atoms with Gasteiger partial charge in [-0.1, -0.05) is 53.6 Å². The van der Waals surface area contributed by atoms with E-state index in [0.717, 1.165) is 10.6 Å². The summed E-state index contributed by atoms with van der Waals surface area (Å²) in [6.07, 6.45) is 2.78. The van der Waals surface area contributed by atoms with Gasteiger partial charge in [-0.3, -0.25) is 14.4 Å². The first-order valence-electron chi connectivity index (χ1n) is 8.39. The normalized spacial score (nSPS) is 16.3. The first kappa shape index (κ1) is 17.4. The van der Waals surface area contributed by atoms with Crippen molar-refractivity contribution in [3.8, 4) is 0 Å². The van der Waals surface area contributed by atoms with Gasteiger partial charge >= 0.3 is 0 Å². The second-order valence-electron chi connectivity index (χ2n) is 6.73. The number of ketones is 2. The molecule has 1 aliphatic carbocycles. The maximum absolute atomic E-state index is 13.5. The summed E-state index contributed by atoms with van der Waals surface area (Å²) in [5.74, 6) is -1.48. The van der Waals surface area contributed by atoms with E-state index in [1.54, 1.807) is 56.3 Å². The lowest BCUT2D eigenvalue weighted by atomic mass is 9.80. The van der Waals surface area contributed by atoms with Crippen molar-refractivity contribution in [1.29, 1.82) is 0 Å². The first-order valence-corrected chi connectivity index (χ1v) is 8.77.